The van der Waals surface area contributed by atoms with Gasteiger partial charge in [-0.15, -0.1) is 11.3 Å². The zero-order valence-corrected chi connectivity index (χ0v) is 16.5. The molecular weight excluding hydrogens is 376 g/mol. The second-order valence-corrected chi connectivity index (χ2v) is 7.84. The quantitative estimate of drug-likeness (QED) is 0.551. The highest BCUT2D eigenvalue weighted by atomic mass is 32.1. The number of carbonyl (C=O) groups excluding carboxylic acids is 2. The summed E-state index contributed by atoms with van der Waals surface area (Å²) in [6.45, 7) is 4.38. The molecule has 1 unspecified atom stereocenters. The Morgan fingerprint density at radius 3 is 2.46 bits per heavy atom. The van der Waals surface area contributed by atoms with Gasteiger partial charge in [0, 0.05) is 15.4 Å². The first-order valence-electron chi connectivity index (χ1n) is 8.93. The van der Waals surface area contributed by atoms with Crippen LogP contribution in [0.5, 0.6) is 0 Å². The topological polar surface area (TPSA) is 91.6 Å². The molecular formula is C21H22N2O4S. The van der Waals surface area contributed by atoms with Crippen molar-refractivity contribution in [1.29, 1.82) is 0 Å². The molecule has 0 bridgehead atoms. The first kappa shape index (κ1) is 19.9. The van der Waals surface area contributed by atoms with Crippen LogP contribution < -0.4 is 10.6 Å². The Bertz CT molecular complexity index is 930. The molecule has 7 heteroatoms. The van der Waals surface area contributed by atoms with Crippen LogP contribution in [0.2, 0.25) is 0 Å². The van der Waals surface area contributed by atoms with Crippen LogP contribution in [0, 0.1) is 0 Å². The van der Waals surface area contributed by atoms with E-state index < -0.39 is 17.9 Å². The van der Waals surface area contributed by atoms with E-state index in [1.807, 2.05) is 12.1 Å². The van der Waals surface area contributed by atoms with Gasteiger partial charge in [0.1, 0.15) is 11.9 Å². The van der Waals surface area contributed by atoms with Gasteiger partial charge in [0.2, 0.25) is 0 Å². The minimum absolute atomic E-state index is 0.202. The van der Waals surface area contributed by atoms with E-state index in [2.05, 4.69) is 24.5 Å². The Labute approximate surface area is 167 Å². The highest BCUT2D eigenvalue weighted by molar-refractivity contribution is 7.12. The van der Waals surface area contributed by atoms with Gasteiger partial charge in [0.25, 0.3) is 0 Å². The van der Waals surface area contributed by atoms with Gasteiger partial charge in [-0.25, -0.2) is 0 Å². The van der Waals surface area contributed by atoms with Crippen LogP contribution in [0.3, 0.4) is 0 Å². The molecule has 2 aromatic heterocycles. The summed E-state index contributed by atoms with van der Waals surface area (Å²) in [4.78, 5) is 25.6. The summed E-state index contributed by atoms with van der Waals surface area (Å²) >= 11 is 1.34. The molecule has 0 saturated carbocycles. The number of hydrogen-bond acceptors (Lipinski definition) is 5. The molecule has 0 radical (unpaired) electrons. The summed E-state index contributed by atoms with van der Waals surface area (Å²) < 4.78 is 5.20. The number of aliphatic hydroxyl groups excluding tert-OH is 1. The van der Waals surface area contributed by atoms with Crippen LogP contribution in [0.25, 0.3) is 0 Å². The van der Waals surface area contributed by atoms with E-state index in [-0.39, 0.29) is 6.54 Å². The van der Waals surface area contributed by atoms with E-state index in [4.69, 9.17) is 4.42 Å². The molecule has 1 aromatic carbocycles. The van der Waals surface area contributed by atoms with Crippen molar-refractivity contribution in [2.75, 3.05) is 5.32 Å². The third-order valence-electron chi connectivity index (χ3n) is 4.23. The largest absolute Gasteiger partial charge is 0.466 e. The lowest BCUT2D eigenvalue weighted by molar-refractivity contribution is -0.136. The van der Waals surface area contributed by atoms with Crippen LogP contribution in [-0.4, -0.2) is 16.9 Å². The fraction of sp³-hybridized carbons (Fsp3) is 0.238. The van der Waals surface area contributed by atoms with E-state index in [0.29, 0.717) is 22.2 Å². The van der Waals surface area contributed by atoms with Crippen molar-refractivity contribution in [3.8, 4) is 0 Å². The molecule has 2 amide bonds. The van der Waals surface area contributed by atoms with Crippen molar-refractivity contribution in [1.82, 2.24) is 5.32 Å². The standard InChI is InChI=1S/C21H22N2O4S/c1-13(2)14-5-7-15(8-6-14)23-21(26)20(25)22-12-16-9-10-18(28-16)19(24)17-4-3-11-27-17/h3-11,13,19,24H,12H2,1-2H3,(H,22,25)(H,23,26). The normalized spacial score (nSPS) is 12.0. The summed E-state index contributed by atoms with van der Waals surface area (Å²) in [5.74, 6) is -0.575. The van der Waals surface area contributed by atoms with Gasteiger partial charge in [0.05, 0.1) is 12.8 Å². The summed E-state index contributed by atoms with van der Waals surface area (Å²) in [7, 11) is 0. The van der Waals surface area contributed by atoms with Crippen LogP contribution >= 0.6 is 11.3 Å². The number of rotatable bonds is 6. The van der Waals surface area contributed by atoms with Gasteiger partial charge < -0.3 is 20.2 Å². The zero-order chi connectivity index (χ0) is 20.1. The van der Waals surface area contributed by atoms with Gasteiger partial charge >= 0.3 is 11.8 Å². The molecule has 2 heterocycles. The maximum Gasteiger partial charge on any atom is 0.313 e. The van der Waals surface area contributed by atoms with Crippen LogP contribution in [0.15, 0.2) is 59.2 Å². The number of hydrogen-bond donors (Lipinski definition) is 3. The first-order chi connectivity index (χ1) is 13.4. The Morgan fingerprint density at radius 1 is 1.07 bits per heavy atom. The average molecular weight is 398 g/mol. The molecule has 146 valence electrons. The van der Waals surface area contributed by atoms with Gasteiger partial charge in [0.15, 0.2) is 0 Å². The maximum atomic E-state index is 12.0. The predicted octanol–water partition coefficient (Wildman–Crippen LogP) is 3.80. The Kier molecular flexibility index (Phi) is 6.28. The lowest BCUT2D eigenvalue weighted by Crippen LogP contribution is -2.34. The third kappa shape index (κ3) is 4.88. The van der Waals surface area contributed by atoms with Gasteiger partial charge in [-0.2, -0.15) is 0 Å². The number of nitrogens with one attached hydrogen (secondary N) is 2. The monoisotopic (exact) mass is 398 g/mol. The van der Waals surface area contributed by atoms with Gasteiger partial charge in [-0.3, -0.25) is 9.59 Å². The molecule has 3 N–H and O–H groups in total. The van der Waals surface area contributed by atoms with Crippen molar-refractivity contribution < 1.29 is 19.1 Å². The molecule has 1 atom stereocenters. The fourth-order valence-electron chi connectivity index (χ4n) is 2.61. The summed E-state index contributed by atoms with van der Waals surface area (Å²) in [5.41, 5.74) is 1.73. The molecule has 3 aromatic rings. The number of amides is 2. The zero-order valence-electron chi connectivity index (χ0n) is 15.6. The summed E-state index contributed by atoms with van der Waals surface area (Å²) in [6, 6.07) is 14.4. The smallest absolute Gasteiger partial charge is 0.313 e. The van der Waals surface area contributed by atoms with E-state index in [1.54, 1.807) is 36.4 Å². The number of furan rings is 1. The number of benzene rings is 1. The summed E-state index contributed by atoms with van der Waals surface area (Å²) in [5, 5.41) is 15.4. The molecule has 3 rings (SSSR count). The van der Waals surface area contributed by atoms with Gasteiger partial charge in [-0.1, -0.05) is 26.0 Å². The highest BCUT2D eigenvalue weighted by Gasteiger charge is 2.17. The second kappa shape index (κ2) is 8.86. The van der Waals surface area contributed by atoms with E-state index in [1.165, 1.54) is 17.6 Å². The van der Waals surface area contributed by atoms with Crippen LogP contribution in [-0.2, 0) is 16.1 Å². The van der Waals surface area contributed by atoms with Crippen LogP contribution in [0.4, 0.5) is 5.69 Å². The minimum Gasteiger partial charge on any atom is -0.466 e. The van der Waals surface area contributed by atoms with E-state index >= 15 is 0 Å². The fourth-order valence-corrected chi connectivity index (χ4v) is 3.56. The highest BCUT2D eigenvalue weighted by Crippen LogP contribution is 2.28. The molecule has 0 saturated heterocycles. The van der Waals surface area contributed by atoms with Crippen molar-refractivity contribution in [2.24, 2.45) is 0 Å². The van der Waals surface area contributed by atoms with E-state index in [9.17, 15) is 14.7 Å². The lowest BCUT2D eigenvalue weighted by atomic mass is 10.0. The lowest BCUT2D eigenvalue weighted by Gasteiger charge is -2.08. The Morgan fingerprint density at radius 2 is 1.82 bits per heavy atom. The molecule has 0 spiro atoms. The van der Waals surface area contributed by atoms with Crippen molar-refractivity contribution in [3.63, 3.8) is 0 Å². The first-order valence-corrected chi connectivity index (χ1v) is 9.75. The second-order valence-electron chi connectivity index (χ2n) is 6.64. The molecule has 6 nitrogen and oxygen atoms in total. The molecule has 0 aliphatic heterocycles. The average Bonchev–Trinajstić information content (AvgIpc) is 3.38. The number of thiophene rings is 1. The molecule has 0 fully saturated rings. The Balaban J connectivity index is 1.51. The van der Waals surface area contributed by atoms with Gasteiger partial charge in [-0.05, 0) is 47.9 Å². The molecule has 0 aliphatic carbocycles. The predicted molar refractivity (Wildman–Crippen MR) is 108 cm³/mol. The molecule has 28 heavy (non-hydrogen) atoms. The van der Waals surface area contributed by atoms with Crippen molar-refractivity contribution >= 4 is 28.8 Å². The van der Waals surface area contributed by atoms with E-state index in [0.717, 1.165) is 10.4 Å². The summed E-state index contributed by atoms with van der Waals surface area (Å²) in [6.07, 6.45) is 0.656. The number of carbonyl (C=O) groups is 2. The molecule has 0 aliphatic rings. The maximum absolute atomic E-state index is 12.0. The number of aliphatic hydroxyl groups is 1. The minimum atomic E-state index is -0.846. The SMILES string of the molecule is CC(C)c1ccc(NC(=O)C(=O)NCc2ccc(C(O)c3ccco3)s2)cc1. The van der Waals surface area contributed by atoms with Crippen molar-refractivity contribution in [3.05, 3.63) is 75.9 Å². The van der Waals surface area contributed by atoms with Crippen LogP contribution in [0.1, 0.15) is 46.9 Å². The van der Waals surface area contributed by atoms with Crippen molar-refractivity contribution in [2.45, 2.75) is 32.4 Å². The number of anilines is 1. The Hall–Kier alpha value is -2.90. The third-order valence-corrected chi connectivity index (χ3v) is 5.37.